The van der Waals surface area contributed by atoms with E-state index in [-0.39, 0.29) is 0 Å². The molecule has 0 aliphatic heterocycles. The topological polar surface area (TPSA) is 27.7 Å². The van der Waals surface area contributed by atoms with Gasteiger partial charge in [-0.1, -0.05) is 36.9 Å². The van der Waals surface area contributed by atoms with Crippen molar-refractivity contribution >= 4 is 26.2 Å². The van der Waals surface area contributed by atoms with Crippen molar-refractivity contribution in [2.24, 2.45) is 0 Å². The van der Waals surface area contributed by atoms with Gasteiger partial charge in [-0.15, -0.1) is 0 Å². The predicted molar refractivity (Wildman–Crippen MR) is 93.4 cm³/mol. The normalized spacial score (nSPS) is 10.0. The largest absolute Gasteiger partial charge is 0.492 e. The Morgan fingerprint density at radius 1 is 1.00 bits per heavy atom. The number of hydrogen-bond donors (Lipinski definition) is 0. The van der Waals surface area contributed by atoms with E-state index in [1.165, 1.54) is 0 Å². The van der Waals surface area contributed by atoms with E-state index in [0.29, 0.717) is 23.9 Å². The van der Waals surface area contributed by atoms with Gasteiger partial charge >= 0.3 is 0 Å². The molecule has 0 atom stereocenters. The number of ether oxygens (including phenoxy) is 3. The summed E-state index contributed by atoms with van der Waals surface area (Å²) >= 11 is 2.16. The van der Waals surface area contributed by atoms with Crippen molar-refractivity contribution in [1.82, 2.24) is 0 Å². The Bertz CT molecular complexity index is 623. The van der Waals surface area contributed by atoms with Gasteiger partial charge in [-0.25, -0.2) is 0 Å². The molecular formula is C17H17IO3. The maximum Gasteiger partial charge on any atom is 0.203 e. The first kappa shape index (κ1) is 15.7. The minimum absolute atomic E-state index is 0.477. The van der Waals surface area contributed by atoms with E-state index < -0.39 is 0 Å². The summed E-state index contributed by atoms with van der Waals surface area (Å²) in [6, 6.07) is 13.8. The lowest BCUT2D eigenvalue weighted by Gasteiger charge is -2.16. The van der Waals surface area contributed by atoms with Crippen LogP contribution in [0.4, 0.5) is 0 Å². The zero-order chi connectivity index (χ0) is 15.2. The average Bonchev–Trinajstić information content (AvgIpc) is 2.52. The molecule has 0 saturated carbocycles. The van der Waals surface area contributed by atoms with Crippen LogP contribution in [0.15, 0.2) is 49.0 Å². The van der Waals surface area contributed by atoms with Crippen LogP contribution in [0.25, 0.3) is 3.58 Å². The fourth-order valence-corrected chi connectivity index (χ4v) is 2.43. The van der Waals surface area contributed by atoms with Crippen molar-refractivity contribution in [3.05, 3.63) is 60.2 Å². The summed E-state index contributed by atoms with van der Waals surface area (Å²) in [6.07, 6.45) is 0. The number of methoxy groups -OCH3 is 2. The minimum atomic E-state index is 0.477. The quantitative estimate of drug-likeness (QED) is 0.664. The molecule has 2 aromatic carbocycles. The first-order valence-electron chi connectivity index (χ1n) is 6.44. The third-order valence-corrected chi connectivity index (χ3v) is 3.59. The molecule has 0 aromatic heterocycles. The second-order valence-electron chi connectivity index (χ2n) is 4.36. The van der Waals surface area contributed by atoms with Crippen molar-refractivity contribution in [2.75, 3.05) is 14.2 Å². The number of benzene rings is 2. The smallest absolute Gasteiger partial charge is 0.203 e. The van der Waals surface area contributed by atoms with Crippen LogP contribution >= 0.6 is 22.6 Å². The van der Waals surface area contributed by atoms with Crippen molar-refractivity contribution in [3.63, 3.8) is 0 Å². The highest BCUT2D eigenvalue weighted by atomic mass is 127. The van der Waals surface area contributed by atoms with Gasteiger partial charge in [-0.05, 0) is 40.3 Å². The van der Waals surface area contributed by atoms with Crippen LogP contribution in [-0.2, 0) is 6.61 Å². The third-order valence-electron chi connectivity index (χ3n) is 3.01. The van der Waals surface area contributed by atoms with Gasteiger partial charge < -0.3 is 14.2 Å². The zero-order valence-electron chi connectivity index (χ0n) is 12.1. The molecule has 0 amide bonds. The number of halogens is 1. The van der Waals surface area contributed by atoms with Crippen LogP contribution in [0.2, 0.25) is 0 Å². The Morgan fingerprint density at radius 3 is 2.24 bits per heavy atom. The van der Waals surface area contributed by atoms with E-state index in [2.05, 4.69) is 29.2 Å². The SMILES string of the molecule is C=C(I)c1ccc(OCc2ccccc2)c(OC)c1OC. The molecule has 21 heavy (non-hydrogen) atoms. The molecular weight excluding hydrogens is 379 g/mol. The average molecular weight is 396 g/mol. The molecule has 0 aliphatic rings. The first-order chi connectivity index (χ1) is 10.2. The Labute approximate surface area is 138 Å². The Kier molecular flexibility index (Phi) is 5.50. The second-order valence-corrected chi connectivity index (χ2v) is 5.66. The van der Waals surface area contributed by atoms with E-state index in [1.54, 1.807) is 14.2 Å². The maximum atomic E-state index is 5.85. The molecule has 2 aromatic rings. The van der Waals surface area contributed by atoms with Crippen molar-refractivity contribution in [2.45, 2.75) is 6.61 Å². The van der Waals surface area contributed by atoms with E-state index >= 15 is 0 Å². The predicted octanol–water partition coefficient (Wildman–Crippen LogP) is 4.69. The first-order valence-corrected chi connectivity index (χ1v) is 7.51. The summed E-state index contributed by atoms with van der Waals surface area (Å²) in [5.74, 6) is 1.88. The molecule has 0 fully saturated rings. The number of rotatable bonds is 6. The van der Waals surface area contributed by atoms with Crippen molar-refractivity contribution in [1.29, 1.82) is 0 Å². The van der Waals surface area contributed by atoms with Gasteiger partial charge in [0.15, 0.2) is 11.5 Å². The second kappa shape index (κ2) is 7.36. The van der Waals surface area contributed by atoms with Crippen LogP contribution in [-0.4, -0.2) is 14.2 Å². The van der Waals surface area contributed by atoms with Gasteiger partial charge in [0.2, 0.25) is 5.75 Å². The van der Waals surface area contributed by atoms with E-state index in [0.717, 1.165) is 14.7 Å². The van der Waals surface area contributed by atoms with Crippen LogP contribution in [0.1, 0.15) is 11.1 Å². The molecule has 3 nitrogen and oxygen atoms in total. The number of hydrogen-bond acceptors (Lipinski definition) is 3. The molecule has 0 aliphatic carbocycles. The van der Waals surface area contributed by atoms with Crippen molar-refractivity contribution in [3.8, 4) is 17.2 Å². The van der Waals surface area contributed by atoms with Gasteiger partial charge in [-0.2, -0.15) is 0 Å². The van der Waals surface area contributed by atoms with E-state index in [1.807, 2.05) is 42.5 Å². The van der Waals surface area contributed by atoms with Gasteiger partial charge in [0.25, 0.3) is 0 Å². The molecule has 0 heterocycles. The Hall–Kier alpha value is -1.69. The third kappa shape index (κ3) is 3.69. The van der Waals surface area contributed by atoms with Crippen LogP contribution in [0, 0.1) is 0 Å². The lowest BCUT2D eigenvalue weighted by atomic mass is 10.1. The summed E-state index contributed by atoms with van der Waals surface area (Å²) in [5.41, 5.74) is 2.00. The molecule has 110 valence electrons. The summed E-state index contributed by atoms with van der Waals surface area (Å²) in [4.78, 5) is 0. The van der Waals surface area contributed by atoms with E-state index in [9.17, 15) is 0 Å². The molecule has 2 rings (SSSR count). The molecule has 0 spiro atoms. The molecule has 0 N–H and O–H groups in total. The molecule has 0 saturated heterocycles. The highest BCUT2D eigenvalue weighted by Gasteiger charge is 2.17. The van der Waals surface area contributed by atoms with Crippen LogP contribution in [0.5, 0.6) is 17.2 Å². The standard InChI is InChI=1S/C17H17IO3/c1-12(18)14-9-10-15(17(20-3)16(14)19-2)21-11-13-7-5-4-6-8-13/h4-10H,1,11H2,2-3H3. The summed E-state index contributed by atoms with van der Waals surface area (Å²) < 4.78 is 17.6. The van der Waals surface area contributed by atoms with Gasteiger partial charge in [-0.3, -0.25) is 0 Å². The zero-order valence-corrected chi connectivity index (χ0v) is 14.2. The molecule has 0 radical (unpaired) electrons. The van der Waals surface area contributed by atoms with Gasteiger partial charge in [0.1, 0.15) is 6.61 Å². The van der Waals surface area contributed by atoms with Crippen molar-refractivity contribution < 1.29 is 14.2 Å². The summed E-state index contributed by atoms with van der Waals surface area (Å²) in [7, 11) is 3.22. The van der Waals surface area contributed by atoms with Crippen LogP contribution < -0.4 is 14.2 Å². The van der Waals surface area contributed by atoms with Gasteiger partial charge in [0, 0.05) is 9.14 Å². The lowest BCUT2D eigenvalue weighted by Crippen LogP contribution is -2.00. The van der Waals surface area contributed by atoms with Crippen LogP contribution in [0.3, 0.4) is 0 Å². The highest BCUT2D eigenvalue weighted by Crippen LogP contribution is 2.43. The fraction of sp³-hybridized carbons (Fsp3) is 0.176. The highest BCUT2D eigenvalue weighted by molar-refractivity contribution is 14.1. The maximum absolute atomic E-state index is 5.85. The lowest BCUT2D eigenvalue weighted by molar-refractivity contribution is 0.275. The van der Waals surface area contributed by atoms with E-state index in [4.69, 9.17) is 14.2 Å². The molecule has 4 heteroatoms. The summed E-state index contributed by atoms with van der Waals surface area (Å²) in [5, 5.41) is 0. The minimum Gasteiger partial charge on any atom is -0.492 e. The Balaban J connectivity index is 2.29. The fourth-order valence-electron chi connectivity index (χ4n) is 2.00. The monoisotopic (exact) mass is 396 g/mol. The summed E-state index contributed by atoms with van der Waals surface area (Å²) in [6.45, 7) is 4.42. The van der Waals surface area contributed by atoms with Gasteiger partial charge in [0.05, 0.1) is 14.2 Å². The molecule has 0 unspecified atom stereocenters. The molecule has 0 bridgehead atoms. The Morgan fingerprint density at radius 2 is 1.67 bits per heavy atom.